The molecule has 12 heavy (non-hydrogen) atoms. The van der Waals surface area contributed by atoms with Crippen LogP contribution in [0.25, 0.3) is 0 Å². The average Bonchev–Trinajstić information content (AvgIpc) is 1.83. The summed E-state index contributed by atoms with van der Waals surface area (Å²) in [5.74, 6) is 0. The van der Waals surface area contributed by atoms with E-state index in [0.29, 0.717) is 5.41 Å². The summed E-state index contributed by atoms with van der Waals surface area (Å²) in [5.41, 5.74) is 1.70. The minimum atomic E-state index is 0.430. The Balaban J connectivity index is 3.45. The Hall–Kier alpha value is -0.520. The third-order valence-corrected chi connectivity index (χ3v) is 1.63. The van der Waals surface area contributed by atoms with Crippen LogP contribution in [0.2, 0.25) is 0 Å². The van der Waals surface area contributed by atoms with Gasteiger partial charge in [0.05, 0.1) is 0 Å². The van der Waals surface area contributed by atoms with Gasteiger partial charge in [-0.1, -0.05) is 38.5 Å². The Morgan fingerprint density at radius 3 is 2.25 bits per heavy atom. The zero-order valence-electron chi connectivity index (χ0n) is 8.98. The Morgan fingerprint density at radius 1 is 1.25 bits per heavy atom. The van der Waals surface area contributed by atoms with E-state index in [1.807, 2.05) is 0 Å². The van der Waals surface area contributed by atoms with Crippen molar-refractivity contribution in [3.8, 4) is 0 Å². The largest absolute Gasteiger partial charge is 0.100 e. The molecule has 0 N–H and O–H groups in total. The first-order valence-electron chi connectivity index (χ1n) is 4.71. The third kappa shape index (κ3) is 9.48. The maximum absolute atomic E-state index is 3.87. The van der Waals surface area contributed by atoms with E-state index in [1.165, 1.54) is 12.0 Å². The molecule has 0 rings (SSSR count). The summed E-state index contributed by atoms with van der Waals surface area (Å²) in [6.07, 6.45) is 7.98. The standard InChI is InChI=1S/C12H22/c1-11(2)9-7-6-8-10-12(3,4)5/h6,8H,1,7,9-10H2,2-5H3/b8-6-. The Kier molecular flexibility index (Phi) is 4.96. The first-order chi connectivity index (χ1) is 5.42. The zero-order chi connectivity index (χ0) is 9.61. The molecule has 0 aliphatic rings. The van der Waals surface area contributed by atoms with E-state index in [9.17, 15) is 0 Å². The summed E-state index contributed by atoms with van der Waals surface area (Å²) in [6.45, 7) is 12.7. The van der Waals surface area contributed by atoms with Gasteiger partial charge in [0.25, 0.3) is 0 Å². The van der Waals surface area contributed by atoms with E-state index in [0.717, 1.165) is 12.8 Å². The van der Waals surface area contributed by atoms with Crippen molar-refractivity contribution in [3.63, 3.8) is 0 Å². The summed E-state index contributed by atoms with van der Waals surface area (Å²) in [6, 6.07) is 0. The molecule has 0 saturated carbocycles. The molecule has 0 spiro atoms. The van der Waals surface area contributed by atoms with Gasteiger partial charge in [0.2, 0.25) is 0 Å². The van der Waals surface area contributed by atoms with E-state index < -0.39 is 0 Å². The molecule has 0 aliphatic carbocycles. The molecule has 0 saturated heterocycles. The van der Waals surface area contributed by atoms with E-state index in [2.05, 4.69) is 46.4 Å². The second-order valence-corrected chi connectivity index (χ2v) is 4.73. The van der Waals surface area contributed by atoms with Crippen molar-refractivity contribution in [1.82, 2.24) is 0 Å². The average molecular weight is 166 g/mol. The lowest BCUT2D eigenvalue weighted by Crippen LogP contribution is -2.01. The molecule has 0 aromatic heterocycles. The summed E-state index contributed by atoms with van der Waals surface area (Å²) < 4.78 is 0. The van der Waals surface area contributed by atoms with Crippen LogP contribution in [0.4, 0.5) is 0 Å². The van der Waals surface area contributed by atoms with Crippen LogP contribution < -0.4 is 0 Å². The fourth-order valence-corrected chi connectivity index (χ4v) is 0.884. The minimum absolute atomic E-state index is 0.430. The highest BCUT2D eigenvalue weighted by Gasteiger charge is 2.05. The van der Waals surface area contributed by atoms with Crippen LogP contribution in [0.15, 0.2) is 24.3 Å². The van der Waals surface area contributed by atoms with Crippen molar-refractivity contribution in [2.75, 3.05) is 0 Å². The highest BCUT2D eigenvalue weighted by molar-refractivity contribution is 4.93. The number of rotatable bonds is 4. The van der Waals surface area contributed by atoms with E-state index in [-0.39, 0.29) is 0 Å². The van der Waals surface area contributed by atoms with Crippen LogP contribution in [0.5, 0.6) is 0 Å². The summed E-state index contributed by atoms with van der Waals surface area (Å²) in [5, 5.41) is 0. The quantitative estimate of drug-likeness (QED) is 0.545. The number of hydrogen-bond acceptors (Lipinski definition) is 0. The van der Waals surface area contributed by atoms with Crippen molar-refractivity contribution >= 4 is 0 Å². The van der Waals surface area contributed by atoms with Crippen molar-refractivity contribution in [3.05, 3.63) is 24.3 Å². The lowest BCUT2D eigenvalue weighted by atomic mass is 9.92. The first kappa shape index (κ1) is 11.5. The first-order valence-corrected chi connectivity index (χ1v) is 4.71. The smallest absolute Gasteiger partial charge is 0.0291 e. The van der Waals surface area contributed by atoms with E-state index >= 15 is 0 Å². The van der Waals surface area contributed by atoms with Crippen LogP contribution in [-0.4, -0.2) is 0 Å². The van der Waals surface area contributed by atoms with Crippen LogP contribution in [0, 0.1) is 5.41 Å². The molecule has 0 heteroatoms. The van der Waals surface area contributed by atoms with Gasteiger partial charge in [-0.3, -0.25) is 0 Å². The molecule has 70 valence electrons. The van der Waals surface area contributed by atoms with Gasteiger partial charge < -0.3 is 0 Å². The van der Waals surface area contributed by atoms with Gasteiger partial charge in [0.1, 0.15) is 0 Å². The molecule has 0 aromatic carbocycles. The van der Waals surface area contributed by atoms with E-state index in [4.69, 9.17) is 0 Å². The molecule has 0 amide bonds. The van der Waals surface area contributed by atoms with Gasteiger partial charge in [-0.25, -0.2) is 0 Å². The van der Waals surface area contributed by atoms with Crippen molar-refractivity contribution in [1.29, 1.82) is 0 Å². The van der Waals surface area contributed by atoms with Crippen molar-refractivity contribution in [2.45, 2.75) is 47.0 Å². The Morgan fingerprint density at radius 2 is 1.83 bits per heavy atom. The molecule has 0 atom stereocenters. The topological polar surface area (TPSA) is 0 Å². The predicted octanol–water partition coefficient (Wildman–Crippen LogP) is 4.34. The lowest BCUT2D eigenvalue weighted by Gasteiger charge is -2.14. The molecule has 0 nitrogen and oxygen atoms in total. The molecule has 0 radical (unpaired) electrons. The van der Waals surface area contributed by atoms with Crippen LogP contribution >= 0.6 is 0 Å². The van der Waals surface area contributed by atoms with Crippen LogP contribution in [0.1, 0.15) is 47.0 Å². The summed E-state index contributed by atoms with van der Waals surface area (Å²) in [4.78, 5) is 0. The maximum Gasteiger partial charge on any atom is -0.0291 e. The van der Waals surface area contributed by atoms with Gasteiger partial charge >= 0.3 is 0 Å². The summed E-state index contributed by atoms with van der Waals surface area (Å²) >= 11 is 0. The van der Waals surface area contributed by atoms with Gasteiger partial charge in [-0.05, 0) is 31.6 Å². The van der Waals surface area contributed by atoms with Gasteiger partial charge in [-0.2, -0.15) is 0 Å². The predicted molar refractivity (Wildman–Crippen MR) is 57.3 cm³/mol. The molecule has 0 bridgehead atoms. The monoisotopic (exact) mass is 166 g/mol. The zero-order valence-corrected chi connectivity index (χ0v) is 8.98. The Bertz CT molecular complexity index is 155. The second-order valence-electron chi connectivity index (χ2n) is 4.73. The molecular formula is C12H22. The van der Waals surface area contributed by atoms with Crippen LogP contribution in [0.3, 0.4) is 0 Å². The highest BCUT2D eigenvalue weighted by atomic mass is 14.1. The fraction of sp³-hybridized carbons (Fsp3) is 0.667. The van der Waals surface area contributed by atoms with E-state index in [1.54, 1.807) is 0 Å². The lowest BCUT2D eigenvalue weighted by molar-refractivity contribution is 0.420. The molecule has 0 unspecified atom stereocenters. The van der Waals surface area contributed by atoms with Crippen molar-refractivity contribution in [2.24, 2.45) is 5.41 Å². The van der Waals surface area contributed by atoms with Crippen molar-refractivity contribution < 1.29 is 0 Å². The molecule has 0 heterocycles. The molecular weight excluding hydrogens is 144 g/mol. The second kappa shape index (κ2) is 5.18. The Labute approximate surface area is 77.4 Å². The molecule has 0 fully saturated rings. The SMILES string of the molecule is C=C(C)CC/C=C\CC(C)(C)C. The molecule has 0 aliphatic heterocycles. The maximum atomic E-state index is 3.87. The van der Waals surface area contributed by atoms with Gasteiger partial charge in [0, 0.05) is 0 Å². The highest BCUT2D eigenvalue weighted by Crippen LogP contribution is 2.18. The van der Waals surface area contributed by atoms with Crippen LogP contribution in [-0.2, 0) is 0 Å². The summed E-state index contributed by atoms with van der Waals surface area (Å²) in [7, 11) is 0. The minimum Gasteiger partial charge on any atom is -0.100 e. The number of allylic oxidation sites excluding steroid dienone is 3. The normalized spacial score (nSPS) is 12.3. The van der Waals surface area contributed by atoms with Gasteiger partial charge in [-0.15, -0.1) is 6.58 Å². The molecule has 0 aromatic rings. The number of hydrogen-bond donors (Lipinski definition) is 0. The third-order valence-electron chi connectivity index (χ3n) is 1.63. The van der Waals surface area contributed by atoms with Gasteiger partial charge in [0.15, 0.2) is 0 Å². The fourth-order valence-electron chi connectivity index (χ4n) is 0.884.